The molecule has 2 aromatic heterocycles. The number of nitrogens with one attached hydrogen (secondary N) is 3. The van der Waals surface area contributed by atoms with Gasteiger partial charge in [0.1, 0.15) is 17.9 Å². The molecule has 19 heteroatoms. The van der Waals surface area contributed by atoms with Crippen LogP contribution in [0.2, 0.25) is 0 Å². The van der Waals surface area contributed by atoms with Crippen LogP contribution < -0.4 is 20.9 Å². The van der Waals surface area contributed by atoms with Gasteiger partial charge in [-0.25, -0.2) is 9.97 Å². The molecule has 2 atom stereocenters. The van der Waals surface area contributed by atoms with Crippen molar-refractivity contribution in [2.24, 2.45) is 0 Å². The fourth-order valence-corrected chi connectivity index (χ4v) is 9.19. The molecule has 0 bridgehead atoms. The maximum Gasteiger partial charge on any atom is 0.263 e. The molecular weight excluding hydrogens is 903 g/mol. The largest absolute Gasteiger partial charge is 0.382 e. The van der Waals surface area contributed by atoms with E-state index in [1.807, 2.05) is 66.9 Å². The van der Waals surface area contributed by atoms with Crippen LogP contribution in [0.5, 0.6) is 0 Å². The minimum absolute atomic E-state index is 0.0451. The summed E-state index contributed by atoms with van der Waals surface area (Å²) in [6, 6.07) is 22.7. The Morgan fingerprint density at radius 3 is 2.35 bits per heavy atom. The Hall–Kier alpha value is -6.90. The van der Waals surface area contributed by atoms with Gasteiger partial charge in [0, 0.05) is 86.8 Å². The van der Waals surface area contributed by atoms with Crippen molar-refractivity contribution >= 4 is 63.9 Å². The molecule has 0 aliphatic carbocycles. The topological polar surface area (TPSA) is 205 Å². The summed E-state index contributed by atoms with van der Waals surface area (Å²) in [7, 11) is 0. The van der Waals surface area contributed by atoms with Gasteiger partial charge in [-0.05, 0) is 59.9 Å². The quantitative estimate of drug-likeness (QED) is 0.0496. The van der Waals surface area contributed by atoms with Gasteiger partial charge < -0.3 is 29.3 Å². The van der Waals surface area contributed by atoms with Gasteiger partial charge in [0.05, 0.1) is 45.2 Å². The van der Waals surface area contributed by atoms with E-state index < -0.39 is 29.8 Å². The summed E-state index contributed by atoms with van der Waals surface area (Å²) < 4.78 is 17.2. The van der Waals surface area contributed by atoms with Crippen molar-refractivity contribution in [2.45, 2.75) is 38.4 Å². The summed E-state index contributed by atoms with van der Waals surface area (Å²) in [6.07, 6.45) is 3.94. The van der Waals surface area contributed by atoms with E-state index >= 15 is 0 Å². The summed E-state index contributed by atoms with van der Waals surface area (Å²) in [4.78, 5) is 93.0. The molecule has 2 saturated heterocycles. The molecule has 6 amide bonds. The molecule has 0 radical (unpaired) electrons. The second-order valence-corrected chi connectivity index (χ2v) is 17.6. The number of nitrogens with zero attached hydrogens (tertiary/aromatic N) is 6. The first-order chi connectivity index (χ1) is 33.7. The molecule has 5 heterocycles. The number of anilines is 3. The monoisotopic (exact) mass is 957 g/mol. The van der Waals surface area contributed by atoms with Crippen molar-refractivity contribution in [1.29, 1.82) is 0 Å². The summed E-state index contributed by atoms with van der Waals surface area (Å²) in [5, 5.41) is 10.5. The highest BCUT2D eigenvalue weighted by Gasteiger charge is 2.39. The number of aromatic nitrogens is 2. The van der Waals surface area contributed by atoms with Crippen molar-refractivity contribution in [3.05, 3.63) is 124 Å². The zero-order valence-electron chi connectivity index (χ0n) is 38.3. The Morgan fingerprint density at radius 1 is 0.884 bits per heavy atom. The number of hydrogen-bond acceptors (Lipinski definition) is 15. The predicted molar refractivity (Wildman–Crippen MR) is 259 cm³/mol. The normalized spacial score (nSPS) is 16.5. The molecule has 8 rings (SSSR count). The van der Waals surface area contributed by atoms with E-state index in [1.54, 1.807) is 41.6 Å². The fourth-order valence-electron chi connectivity index (χ4n) is 8.65. The molecule has 3 aromatic carbocycles. The average molecular weight is 958 g/mol. The maximum absolute atomic E-state index is 13.9. The van der Waals surface area contributed by atoms with E-state index in [9.17, 15) is 28.8 Å². The highest BCUT2D eigenvalue weighted by atomic mass is 32.1. The van der Waals surface area contributed by atoms with Gasteiger partial charge in [0.15, 0.2) is 5.13 Å². The van der Waals surface area contributed by atoms with Gasteiger partial charge in [-0.15, -0.1) is 11.3 Å². The van der Waals surface area contributed by atoms with Crippen LogP contribution in [0.3, 0.4) is 0 Å². The second kappa shape index (κ2) is 23.4. The van der Waals surface area contributed by atoms with Gasteiger partial charge in [-0.1, -0.05) is 54.6 Å². The Bertz CT molecular complexity index is 2590. The average Bonchev–Trinajstić information content (AvgIpc) is 4.00. The van der Waals surface area contributed by atoms with Gasteiger partial charge in [0.2, 0.25) is 18.2 Å². The predicted octanol–water partition coefficient (Wildman–Crippen LogP) is 4.54. The molecule has 360 valence electrons. The lowest BCUT2D eigenvalue weighted by Gasteiger charge is -2.35. The minimum Gasteiger partial charge on any atom is -0.382 e. The van der Waals surface area contributed by atoms with Crippen molar-refractivity contribution < 1.29 is 43.0 Å². The van der Waals surface area contributed by atoms with Crippen molar-refractivity contribution in [2.75, 3.05) is 94.4 Å². The molecule has 0 spiro atoms. The van der Waals surface area contributed by atoms with E-state index in [0.717, 1.165) is 65.7 Å². The van der Waals surface area contributed by atoms with Crippen LogP contribution in [0, 0.1) is 6.92 Å². The number of pyridine rings is 1. The number of carbonyl (C=O) groups excluding carboxylic acids is 6. The number of piperidine rings is 1. The third-order valence-corrected chi connectivity index (χ3v) is 13.0. The number of thiazole rings is 1. The fraction of sp³-hybridized carbons (Fsp3) is 0.360. The van der Waals surface area contributed by atoms with Gasteiger partial charge in [-0.2, -0.15) is 0 Å². The van der Waals surface area contributed by atoms with E-state index in [0.29, 0.717) is 81.1 Å². The molecule has 69 heavy (non-hydrogen) atoms. The summed E-state index contributed by atoms with van der Waals surface area (Å²) in [5.41, 5.74) is 5.37. The van der Waals surface area contributed by atoms with E-state index in [-0.39, 0.29) is 30.2 Å². The van der Waals surface area contributed by atoms with Gasteiger partial charge in [0.25, 0.3) is 17.7 Å². The zero-order chi connectivity index (χ0) is 48.1. The first-order valence-electron chi connectivity index (χ1n) is 23.0. The van der Waals surface area contributed by atoms with Crippen LogP contribution in [0.25, 0.3) is 11.1 Å². The number of hydrogen-bond donors (Lipinski definition) is 3. The number of piperazine rings is 1. The van der Waals surface area contributed by atoms with Crippen molar-refractivity contribution in [3.63, 3.8) is 0 Å². The number of aryl methyl sites for hydroxylation is 1. The first kappa shape index (κ1) is 48.6. The summed E-state index contributed by atoms with van der Waals surface area (Å²) >= 11 is 1.33. The Morgan fingerprint density at radius 2 is 1.64 bits per heavy atom. The number of imide groups is 2. The standard InChI is InChI=1S/C50H55N9O9S/c1-34-6-5-9-40(44(34)49(65)59(33-60)41-13-15-43(61)54-46(41)62)51-16-23-66-25-27-68-28-26-67-24-22-56-18-20-57(21-19-56)42-14-12-37(31-53-42)36-10-11-38-32-58(48(64)39(38)30-36)45(35-7-3-2-4-8-35)47(63)55-50-52-17-29-69-50/h2-12,14,17,29-31,33,41,45,51H,13,15-16,18-28,32H2,1H3,(H,52,55,63)(H,54,61,62). The van der Waals surface area contributed by atoms with E-state index in [2.05, 4.69) is 30.7 Å². The van der Waals surface area contributed by atoms with Crippen LogP contribution >= 0.6 is 11.3 Å². The van der Waals surface area contributed by atoms with Crippen molar-refractivity contribution in [3.8, 4) is 11.1 Å². The number of rotatable bonds is 22. The molecule has 0 saturated carbocycles. The van der Waals surface area contributed by atoms with E-state index in [1.165, 1.54) is 11.3 Å². The molecule has 3 aliphatic heterocycles. The summed E-state index contributed by atoms with van der Waals surface area (Å²) in [5.74, 6) is -1.33. The molecule has 18 nitrogen and oxygen atoms in total. The number of fused-ring (bicyclic) bond motifs is 1. The maximum atomic E-state index is 13.9. The molecule has 5 aromatic rings. The van der Waals surface area contributed by atoms with Crippen LogP contribution in [-0.4, -0.2) is 146 Å². The molecule has 2 unspecified atom stereocenters. The minimum atomic E-state index is -1.05. The number of benzene rings is 3. The Balaban J connectivity index is 0.700. The smallest absolute Gasteiger partial charge is 0.263 e. The molecule has 3 N–H and O–H groups in total. The van der Waals surface area contributed by atoms with Gasteiger partial charge >= 0.3 is 0 Å². The lowest BCUT2D eigenvalue weighted by atomic mass is 10.0. The number of amides is 6. The summed E-state index contributed by atoms with van der Waals surface area (Å²) in [6.45, 7) is 9.31. The van der Waals surface area contributed by atoms with Crippen LogP contribution in [0.1, 0.15) is 56.3 Å². The van der Waals surface area contributed by atoms with Crippen LogP contribution in [0.4, 0.5) is 16.6 Å². The number of ether oxygens (including phenoxy) is 3. The van der Waals surface area contributed by atoms with Gasteiger partial charge in [-0.3, -0.25) is 49.2 Å². The molecule has 2 fully saturated rings. The molecular formula is C50H55N9O9S. The third kappa shape index (κ3) is 12.0. The van der Waals surface area contributed by atoms with Crippen molar-refractivity contribution in [1.82, 2.24) is 30.0 Å². The van der Waals surface area contributed by atoms with E-state index in [4.69, 9.17) is 19.2 Å². The lowest BCUT2D eigenvalue weighted by Crippen LogP contribution is -2.54. The SMILES string of the molecule is Cc1cccc(NCCOCCOCCOCCN2CCN(c3ccc(-c4ccc5c(c4)C(=O)N(C(C(=O)Nc4nccs4)c4ccccc4)C5)cn3)CC2)c1C(=O)N(C=O)C1CCC(=O)NC1=O. The second-order valence-electron chi connectivity index (χ2n) is 16.7. The highest BCUT2D eigenvalue weighted by Crippen LogP contribution is 2.35. The molecule has 3 aliphatic rings. The first-order valence-corrected chi connectivity index (χ1v) is 23.9. The highest BCUT2D eigenvalue weighted by molar-refractivity contribution is 7.13. The van der Waals surface area contributed by atoms with Crippen LogP contribution in [0.15, 0.2) is 96.6 Å². The zero-order valence-corrected chi connectivity index (χ0v) is 39.2. The number of carbonyl (C=O) groups is 6. The lowest BCUT2D eigenvalue weighted by molar-refractivity contribution is -0.139. The third-order valence-electron chi connectivity index (χ3n) is 12.3. The Labute approximate surface area is 403 Å². The van der Waals surface area contributed by atoms with Crippen LogP contribution in [-0.2, 0) is 39.9 Å². The Kier molecular flexibility index (Phi) is 16.5.